The van der Waals surface area contributed by atoms with Gasteiger partial charge in [0.1, 0.15) is 11.5 Å². The number of ether oxygens (including phenoxy) is 1. The van der Waals surface area contributed by atoms with Crippen LogP contribution in [-0.4, -0.2) is 22.7 Å². The number of para-hydroxylation sites is 2. The van der Waals surface area contributed by atoms with E-state index in [1.807, 2.05) is 6.07 Å². The molecule has 5 nitrogen and oxygen atoms in total. The third-order valence-electron chi connectivity index (χ3n) is 3.32. The van der Waals surface area contributed by atoms with Crippen molar-refractivity contribution in [3.05, 3.63) is 52.5 Å². The summed E-state index contributed by atoms with van der Waals surface area (Å²) in [5.74, 6) is 0.158. The number of hydrogen-bond acceptors (Lipinski definition) is 4. The molecule has 0 saturated heterocycles. The Labute approximate surface area is 160 Å². The molecule has 0 aromatic heterocycles. The third-order valence-corrected chi connectivity index (χ3v) is 4.02. The van der Waals surface area contributed by atoms with E-state index in [1.165, 1.54) is 6.07 Å². The number of unbranched alkanes of at least 4 members (excludes halogenated alkanes) is 1. The van der Waals surface area contributed by atoms with Gasteiger partial charge in [0.05, 0.1) is 17.9 Å². The van der Waals surface area contributed by atoms with Crippen LogP contribution in [0.3, 0.4) is 0 Å². The number of rotatable bonds is 6. The summed E-state index contributed by atoms with van der Waals surface area (Å²) in [6.45, 7) is 2.61. The molecule has 0 bridgehead atoms. The lowest BCUT2D eigenvalue weighted by atomic mass is 10.2. The number of halogens is 1. The topological polar surface area (TPSA) is 70.6 Å². The fourth-order valence-corrected chi connectivity index (χ4v) is 2.60. The molecule has 2 aromatic rings. The van der Waals surface area contributed by atoms with Crippen LogP contribution in [0.4, 0.5) is 5.69 Å². The first-order valence-corrected chi connectivity index (χ1v) is 9.04. The Hall–Kier alpha value is -2.12. The summed E-state index contributed by atoms with van der Waals surface area (Å²) in [5, 5.41) is 15.2. The number of phenols is 1. The van der Waals surface area contributed by atoms with Crippen LogP contribution in [0.5, 0.6) is 11.5 Å². The van der Waals surface area contributed by atoms with Crippen molar-refractivity contribution in [1.29, 1.82) is 0 Å². The summed E-state index contributed by atoms with van der Waals surface area (Å²) in [6.07, 6.45) is 1.91. The molecule has 0 radical (unpaired) electrons. The Bertz CT molecular complexity index is 768. The first-order chi connectivity index (χ1) is 12.0. The second kappa shape index (κ2) is 9.39. The van der Waals surface area contributed by atoms with Crippen LogP contribution in [0.15, 0.2) is 46.9 Å². The van der Waals surface area contributed by atoms with E-state index in [0.29, 0.717) is 23.6 Å². The van der Waals surface area contributed by atoms with Gasteiger partial charge < -0.3 is 15.2 Å². The molecule has 0 aliphatic rings. The summed E-state index contributed by atoms with van der Waals surface area (Å²) in [4.78, 5) is 12.5. The van der Waals surface area contributed by atoms with E-state index in [9.17, 15) is 9.90 Å². The fraction of sp³-hybridized carbons (Fsp3) is 0.222. The summed E-state index contributed by atoms with van der Waals surface area (Å²) in [5.41, 5.74) is 0.799. The number of carbonyl (C=O) groups excluding carboxylic acids is 1. The van der Waals surface area contributed by atoms with E-state index in [-0.39, 0.29) is 16.8 Å². The van der Waals surface area contributed by atoms with Gasteiger partial charge in [-0.15, -0.1) is 0 Å². The lowest BCUT2D eigenvalue weighted by Gasteiger charge is -2.14. The quantitative estimate of drug-likeness (QED) is 0.364. The first-order valence-electron chi connectivity index (χ1n) is 7.84. The number of carbonyl (C=O) groups is 1. The van der Waals surface area contributed by atoms with Gasteiger partial charge in [-0.05, 0) is 49.0 Å². The van der Waals surface area contributed by atoms with Crippen molar-refractivity contribution < 1.29 is 14.6 Å². The molecule has 7 heteroatoms. The van der Waals surface area contributed by atoms with E-state index < -0.39 is 0 Å². The van der Waals surface area contributed by atoms with Crippen molar-refractivity contribution in [3.63, 3.8) is 0 Å². The van der Waals surface area contributed by atoms with E-state index in [1.54, 1.807) is 30.3 Å². The highest BCUT2D eigenvalue weighted by molar-refractivity contribution is 9.10. The maximum atomic E-state index is 12.5. The van der Waals surface area contributed by atoms with Crippen LogP contribution in [0.2, 0.25) is 0 Å². The van der Waals surface area contributed by atoms with Crippen molar-refractivity contribution in [2.75, 3.05) is 11.9 Å². The van der Waals surface area contributed by atoms with Gasteiger partial charge in [0.2, 0.25) is 0 Å². The number of thiocarbonyl (C=S) groups is 1. The maximum absolute atomic E-state index is 12.5. The fourth-order valence-electron chi connectivity index (χ4n) is 2.04. The standard InChI is InChI=1S/C18H19BrN2O3S/c1-2-3-10-24-16-9-8-12(19)11-13(16)17(23)21-18(25)20-14-6-4-5-7-15(14)22/h4-9,11,22H,2-3,10H2,1H3,(H2,20,21,23,25). The summed E-state index contributed by atoms with van der Waals surface area (Å²) in [7, 11) is 0. The molecule has 0 fully saturated rings. The predicted molar refractivity (Wildman–Crippen MR) is 106 cm³/mol. The summed E-state index contributed by atoms with van der Waals surface area (Å²) in [6, 6.07) is 11.9. The van der Waals surface area contributed by atoms with Gasteiger partial charge in [0.15, 0.2) is 5.11 Å². The molecule has 0 atom stereocenters. The molecule has 0 spiro atoms. The molecule has 1 amide bonds. The Balaban J connectivity index is 2.07. The number of aromatic hydroxyl groups is 1. The molecule has 0 unspecified atom stereocenters. The minimum atomic E-state index is -0.388. The van der Waals surface area contributed by atoms with E-state index >= 15 is 0 Å². The average Bonchev–Trinajstić information content (AvgIpc) is 2.58. The molecule has 0 heterocycles. The molecule has 0 aliphatic heterocycles. The van der Waals surface area contributed by atoms with E-state index in [4.69, 9.17) is 17.0 Å². The molecule has 2 rings (SSSR count). The van der Waals surface area contributed by atoms with E-state index in [0.717, 1.165) is 17.3 Å². The van der Waals surface area contributed by atoms with Crippen molar-refractivity contribution in [1.82, 2.24) is 5.32 Å². The minimum absolute atomic E-state index is 0.0464. The van der Waals surface area contributed by atoms with Crippen LogP contribution in [0.25, 0.3) is 0 Å². The second-order valence-corrected chi connectivity index (χ2v) is 6.59. The van der Waals surface area contributed by atoms with Crippen molar-refractivity contribution in [2.45, 2.75) is 19.8 Å². The zero-order chi connectivity index (χ0) is 18.2. The lowest BCUT2D eigenvalue weighted by molar-refractivity contribution is 0.0973. The monoisotopic (exact) mass is 422 g/mol. The minimum Gasteiger partial charge on any atom is -0.506 e. The summed E-state index contributed by atoms with van der Waals surface area (Å²) < 4.78 is 6.45. The SMILES string of the molecule is CCCCOc1ccc(Br)cc1C(=O)NC(=S)Nc1ccccc1O. The molecule has 25 heavy (non-hydrogen) atoms. The van der Waals surface area contributed by atoms with Crippen LogP contribution < -0.4 is 15.4 Å². The Kier molecular flexibility index (Phi) is 7.21. The van der Waals surface area contributed by atoms with Crippen molar-refractivity contribution in [3.8, 4) is 11.5 Å². The van der Waals surface area contributed by atoms with Crippen molar-refractivity contribution in [2.24, 2.45) is 0 Å². The van der Waals surface area contributed by atoms with Crippen LogP contribution in [0, 0.1) is 0 Å². The van der Waals surface area contributed by atoms with Gasteiger partial charge in [-0.2, -0.15) is 0 Å². The van der Waals surface area contributed by atoms with Gasteiger partial charge in [-0.25, -0.2) is 0 Å². The van der Waals surface area contributed by atoms with Crippen LogP contribution >= 0.6 is 28.1 Å². The summed E-state index contributed by atoms with van der Waals surface area (Å²) >= 11 is 8.51. The zero-order valence-corrected chi connectivity index (χ0v) is 16.1. The molecular formula is C18H19BrN2O3S. The first kappa shape index (κ1) is 19.2. The molecule has 0 saturated carbocycles. The Morgan fingerprint density at radius 1 is 1.28 bits per heavy atom. The van der Waals surface area contributed by atoms with E-state index in [2.05, 4.69) is 33.5 Å². The highest BCUT2D eigenvalue weighted by atomic mass is 79.9. The van der Waals surface area contributed by atoms with Gasteiger partial charge in [-0.1, -0.05) is 41.4 Å². The smallest absolute Gasteiger partial charge is 0.261 e. The average molecular weight is 423 g/mol. The lowest BCUT2D eigenvalue weighted by Crippen LogP contribution is -2.34. The Morgan fingerprint density at radius 2 is 2.04 bits per heavy atom. The van der Waals surface area contributed by atoms with Gasteiger partial charge in [-0.3, -0.25) is 10.1 Å². The molecule has 3 N–H and O–H groups in total. The number of benzene rings is 2. The van der Waals surface area contributed by atoms with Gasteiger partial charge >= 0.3 is 0 Å². The number of anilines is 1. The zero-order valence-electron chi connectivity index (χ0n) is 13.7. The molecule has 132 valence electrons. The number of hydrogen-bond donors (Lipinski definition) is 3. The predicted octanol–water partition coefficient (Wildman–Crippen LogP) is 4.46. The van der Waals surface area contributed by atoms with Crippen LogP contribution in [0.1, 0.15) is 30.1 Å². The number of nitrogens with one attached hydrogen (secondary N) is 2. The van der Waals surface area contributed by atoms with Crippen molar-refractivity contribution >= 4 is 44.9 Å². The molecular weight excluding hydrogens is 404 g/mol. The Morgan fingerprint density at radius 3 is 2.76 bits per heavy atom. The number of amides is 1. The highest BCUT2D eigenvalue weighted by Gasteiger charge is 2.15. The molecule has 0 aliphatic carbocycles. The maximum Gasteiger partial charge on any atom is 0.261 e. The molecule has 2 aromatic carbocycles. The largest absolute Gasteiger partial charge is 0.506 e. The number of phenolic OH excluding ortho intramolecular Hbond substituents is 1. The van der Waals surface area contributed by atoms with Gasteiger partial charge in [0, 0.05) is 4.47 Å². The normalized spacial score (nSPS) is 10.2. The van der Waals surface area contributed by atoms with Gasteiger partial charge in [0.25, 0.3) is 5.91 Å². The second-order valence-electron chi connectivity index (χ2n) is 5.27. The third kappa shape index (κ3) is 5.72. The van der Waals surface area contributed by atoms with Crippen LogP contribution in [-0.2, 0) is 0 Å². The highest BCUT2D eigenvalue weighted by Crippen LogP contribution is 2.24.